The maximum absolute atomic E-state index is 9.13. The Labute approximate surface area is 103 Å². The monoisotopic (exact) mass is 239 g/mol. The predicted octanol–water partition coefficient (Wildman–Crippen LogP) is 1.93. The highest BCUT2D eigenvalue weighted by molar-refractivity contribution is 5.76. The van der Waals surface area contributed by atoms with Gasteiger partial charge in [0.1, 0.15) is 17.5 Å². The molecule has 0 saturated heterocycles. The van der Waals surface area contributed by atoms with Gasteiger partial charge in [-0.1, -0.05) is 6.07 Å². The highest BCUT2D eigenvalue weighted by Crippen LogP contribution is 2.37. The Morgan fingerprint density at radius 1 is 1.22 bits per heavy atom. The van der Waals surface area contributed by atoms with Crippen LogP contribution in [0.5, 0.6) is 11.5 Å². The van der Waals surface area contributed by atoms with Crippen molar-refractivity contribution in [3.63, 3.8) is 0 Å². The number of hydrogen-bond acceptors (Lipinski definition) is 5. The van der Waals surface area contributed by atoms with E-state index in [1.165, 1.54) is 0 Å². The number of ether oxygens (including phenoxy) is 2. The van der Waals surface area contributed by atoms with Gasteiger partial charge in [0, 0.05) is 11.8 Å². The van der Waals surface area contributed by atoms with Gasteiger partial charge in [-0.3, -0.25) is 0 Å². The molecule has 0 unspecified atom stereocenters. The lowest BCUT2D eigenvalue weighted by atomic mass is 10.0. The highest BCUT2D eigenvalue weighted by Gasteiger charge is 2.16. The van der Waals surface area contributed by atoms with Crippen LogP contribution in [0.15, 0.2) is 30.5 Å². The van der Waals surface area contributed by atoms with E-state index in [0.717, 1.165) is 11.1 Å². The van der Waals surface area contributed by atoms with Gasteiger partial charge >= 0.3 is 0 Å². The molecule has 2 aromatic rings. The van der Waals surface area contributed by atoms with E-state index < -0.39 is 0 Å². The Morgan fingerprint density at radius 2 is 2.06 bits per heavy atom. The first kappa shape index (κ1) is 10.4. The number of aromatic nitrogens is 1. The SMILES string of the molecule is N#Cc1c(-c2ccc3c(c2)OCO3)ccnc1N. The number of nitrogens with zero attached hydrogens (tertiary/aromatic N) is 2. The number of rotatable bonds is 1. The summed E-state index contributed by atoms with van der Waals surface area (Å²) >= 11 is 0. The number of hydrogen-bond donors (Lipinski definition) is 1. The molecule has 0 saturated carbocycles. The van der Waals surface area contributed by atoms with Crippen LogP contribution in [0.1, 0.15) is 5.56 Å². The fourth-order valence-electron chi connectivity index (χ4n) is 1.90. The van der Waals surface area contributed by atoms with Crippen molar-refractivity contribution in [2.45, 2.75) is 0 Å². The van der Waals surface area contributed by atoms with Crippen LogP contribution in [0, 0.1) is 11.3 Å². The van der Waals surface area contributed by atoms with Crippen molar-refractivity contribution in [2.75, 3.05) is 12.5 Å². The molecule has 0 aliphatic carbocycles. The molecule has 0 atom stereocenters. The lowest BCUT2D eigenvalue weighted by Crippen LogP contribution is -1.96. The maximum atomic E-state index is 9.13. The van der Waals surface area contributed by atoms with Gasteiger partial charge < -0.3 is 15.2 Å². The fraction of sp³-hybridized carbons (Fsp3) is 0.0769. The first-order valence-corrected chi connectivity index (χ1v) is 5.34. The highest BCUT2D eigenvalue weighted by atomic mass is 16.7. The summed E-state index contributed by atoms with van der Waals surface area (Å²) in [5, 5.41) is 9.13. The summed E-state index contributed by atoms with van der Waals surface area (Å²) in [6, 6.07) is 9.34. The van der Waals surface area contributed by atoms with Gasteiger partial charge in [-0.2, -0.15) is 5.26 Å². The van der Waals surface area contributed by atoms with Gasteiger partial charge in [-0.15, -0.1) is 0 Å². The van der Waals surface area contributed by atoms with E-state index in [4.69, 9.17) is 20.5 Å². The molecule has 1 aliphatic heterocycles. The van der Waals surface area contributed by atoms with Gasteiger partial charge in [-0.25, -0.2) is 4.98 Å². The van der Waals surface area contributed by atoms with E-state index in [2.05, 4.69) is 11.1 Å². The van der Waals surface area contributed by atoms with Gasteiger partial charge in [0.05, 0.1) is 0 Å². The molecular weight excluding hydrogens is 230 g/mol. The smallest absolute Gasteiger partial charge is 0.231 e. The van der Waals surface area contributed by atoms with E-state index >= 15 is 0 Å². The molecule has 0 amide bonds. The Balaban J connectivity index is 2.16. The molecule has 0 radical (unpaired) electrons. The standard InChI is InChI=1S/C13H9N3O2/c14-6-10-9(3-4-16-13(10)15)8-1-2-11-12(5-8)18-7-17-11/h1-5H,7H2,(H2,15,16). The maximum Gasteiger partial charge on any atom is 0.231 e. The van der Waals surface area contributed by atoms with Crippen LogP contribution in [0.3, 0.4) is 0 Å². The minimum atomic E-state index is 0.225. The summed E-state index contributed by atoms with van der Waals surface area (Å²) in [7, 11) is 0. The Hall–Kier alpha value is -2.74. The van der Waals surface area contributed by atoms with Crippen LogP contribution >= 0.6 is 0 Å². The molecule has 2 N–H and O–H groups in total. The van der Waals surface area contributed by atoms with Gasteiger partial charge in [0.25, 0.3) is 0 Å². The minimum Gasteiger partial charge on any atom is -0.454 e. The van der Waals surface area contributed by atoms with Crippen LogP contribution in [0.4, 0.5) is 5.82 Å². The van der Waals surface area contributed by atoms with E-state index in [0.29, 0.717) is 17.1 Å². The predicted molar refractivity (Wildman–Crippen MR) is 64.9 cm³/mol. The fourth-order valence-corrected chi connectivity index (χ4v) is 1.90. The molecule has 1 aromatic heterocycles. The average Bonchev–Trinajstić information content (AvgIpc) is 2.85. The third kappa shape index (κ3) is 1.52. The molecule has 0 fully saturated rings. The average molecular weight is 239 g/mol. The third-order valence-electron chi connectivity index (χ3n) is 2.78. The Bertz CT molecular complexity index is 662. The molecule has 3 rings (SSSR count). The number of benzene rings is 1. The normalized spacial score (nSPS) is 12.2. The lowest BCUT2D eigenvalue weighted by Gasteiger charge is -2.06. The van der Waals surface area contributed by atoms with Crippen LogP contribution < -0.4 is 15.2 Å². The zero-order chi connectivity index (χ0) is 12.5. The molecule has 5 nitrogen and oxygen atoms in total. The van der Waals surface area contributed by atoms with E-state index in [1.807, 2.05) is 18.2 Å². The van der Waals surface area contributed by atoms with Crippen molar-refractivity contribution in [2.24, 2.45) is 0 Å². The second kappa shape index (κ2) is 3.93. The van der Waals surface area contributed by atoms with Gasteiger partial charge in [0.2, 0.25) is 6.79 Å². The molecule has 1 aromatic carbocycles. The molecule has 2 heterocycles. The molecule has 88 valence electrons. The number of anilines is 1. The molecular formula is C13H9N3O2. The summed E-state index contributed by atoms with van der Waals surface area (Å²) in [6.07, 6.45) is 1.58. The summed E-state index contributed by atoms with van der Waals surface area (Å²) in [5.41, 5.74) is 7.66. The third-order valence-corrected chi connectivity index (χ3v) is 2.78. The van der Waals surface area contributed by atoms with Crippen molar-refractivity contribution >= 4 is 5.82 Å². The summed E-state index contributed by atoms with van der Waals surface area (Å²) < 4.78 is 10.6. The number of nitrogens with two attached hydrogens (primary N) is 1. The first-order chi connectivity index (χ1) is 8.79. The molecule has 18 heavy (non-hydrogen) atoms. The molecule has 1 aliphatic rings. The van der Waals surface area contributed by atoms with Crippen molar-refractivity contribution < 1.29 is 9.47 Å². The number of pyridine rings is 1. The van der Waals surface area contributed by atoms with Gasteiger partial charge in [-0.05, 0) is 23.8 Å². The lowest BCUT2D eigenvalue weighted by molar-refractivity contribution is 0.174. The topological polar surface area (TPSA) is 81.2 Å². The zero-order valence-corrected chi connectivity index (χ0v) is 9.38. The number of nitrogen functional groups attached to an aromatic ring is 1. The van der Waals surface area contributed by atoms with E-state index in [-0.39, 0.29) is 12.6 Å². The van der Waals surface area contributed by atoms with E-state index in [1.54, 1.807) is 12.3 Å². The van der Waals surface area contributed by atoms with Crippen molar-refractivity contribution in [1.82, 2.24) is 4.98 Å². The molecule has 0 spiro atoms. The van der Waals surface area contributed by atoms with Crippen LogP contribution in [0.2, 0.25) is 0 Å². The zero-order valence-electron chi connectivity index (χ0n) is 9.38. The van der Waals surface area contributed by atoms with Crippen LogP contribution in [-0.4, -0.2) is 11.8 Å². The van der Waals surface area contributed by atoms with Crippen molar-refractivity contribution in [3.8, 4) is 28.7 Å². The second-order valence-electron chi connectivity index (χ2n) is 3.80. The van der Waals surface area contributed by atoms with Gasteiger partial charge in [0.15, 0.2) is 11.5 Å². The largest absolute Gasteiger partial charge is 0.454 e. The summed E-state index contributed by atoms with van der Waals surface area (Å²) in [5.74, 6) is 1.61. The van der Waals surface area contributed by atoms with Crippen molar-refractivity contribution in [3.05, 3.63) is 36.0 Å². The van der Waals surface area contributed by atoms with Crippen molar-refractivity contribution in [1.29, 1.82) is 5.26 Å². The number of fused-ring (bicyclic) bond motifs is 1. The Morgan fingerprint density at radius 3 is 2.89 bits per heavy atom. The second-order valence-corrected chi connectivity index (χ2v) is 3.80. The number of nitriles is 1. The summed E-state index contributed by atoms with van der Waals surface area (Å²) in [4.78, 5) is 3.91. The quantitative estimate of drug-likeness (QED) is 0.822. The molecule has 0 bridgehead atoms. The Kier molecular flexibility index (Phi) is 2.27. The van der Waals surface area contributed by atoms with Crippen LogP contribution in [0.25, 0.3) is 11.1 Å². The minimum absolute atomic E-state index is 0.225. The van der Waals surface area contributed by atoms with Crippen LogP contribution in [-0.2, 0) is 0 Å². The first-order valence-electron chi connectivity index (χ1n) is 5.34. The van der Waals surface area contributed by atoms with E-state index in [9.17, 15) is 0 Å². The molecule has 5 heteroatoms. The summed E-state index contributed by atoms with van der Waals surface area (Å²) in [6.45, 7) is 0.225.